The van der Waals surface area contributed by atoms with E-state index in [0.29, 0.717) is 12.0 Å². The largest absolute Gasteiger partial charge is 0.467 e. The van der Waals surface area contributed by atoms with Crippen molar-refractivity contribution in [2.45, 2.75) is 18.9 Å². The first-order valence-electron chi connectivity index (χ1n) is 7.64. The van der Waals surface area contributed by atoms with Crippen LogP contribution < -0.4 is 5.32 Å². The van der Waals surface area contributed by atoms with Crippen molar-refractivity contribution in [3.05, 3.63) is 75.8 Å². The molecule has 0 aliphatic heterocycles. The quantitative estimate of drug-likeness (QED) is 0.472. The Morgan fingerprint density at radius 2 is 1.80 bits per heavy atom. The number of nitrogens with one attached hydrogen (secondary N) is 1. The van der Waals surface area contributed by atoms with Gasteiger partial charge in [-0.2, -0.15) is 0 Å². The number of nitro benzene ring substituents is 1. The molecule has 0 spiro atoms. The Balaban J connectivity index is 2.05. The van der Waals surface area contributed by atoms with Crippen LogP contribution >= 0.6 is 0 Å². The molecule has 0 fully saturated rings. The molecule has 1 atom stereocenters. The molecule has 0 aromatic heterocycles. The zero-order chi connectivity index (χ0) is 18.2. The van der Waals surface area contributed by atoms with Crippen LogP contribution in [0.5, 0.6) is 0 Å². The molecule has 0 bridgehead atoms. The molecule has 7 heteroatoms. The van der Waals surface area contributed by atoms with Gasteiger partial charge in [0.1, 0.15) is 6.04 Å². The summed E-state index contributed by atoms with van der Waals surface area (Å²) in [4.78, 5) is 34.4. The van der Waals surface area contributed by atoms with E-state index in [-0.39, 0.29) is 12.1 Å². The van der Waals surface area contributed by atoms with Gasteiger partial charge in [-0.1, -0.05) is 42.5 Å². The van der Waals surface area contributed by atoms with Crippen LogP contribution in [0.25, 0.3) is 0 Å². The number of carbonyl (C=O) groups is 2. The fourth-order valence-corrected chi connectivity index (χ4v) is 2.40. The predicted molar refractivity (Wildman–Crippen MR) is 90.9 cm³/mol. The van der Waals surface area contributed by atoms with Gasteiger partial charge in [-0.3, -0.25) is 14.9 Å². The Hall–Kier alpha value is -3.22. The van der Waals surface area contributed by atoms with Crippen LogP contribution in [0.4, 0.5) is 5.69 Å². The molecule has 0 unspecified atom stereocenters. The van der Waals surface area contributed by atoms with Gasteiger partial charge in [0.05, 0.1) is 18.5 Å². The summed E-state index contributed by atoms with van der Waals surface area (Å²) in [5.41, 5.74) is 1.29. The number of hydrogen-bond donors (Lipinski definition) is 1. The summed E-state index contributed by atoms with van der Waals surface area (Å²) in [6.07, 6.45) is 0.234. The number of carbonyl (C=O) groups excluding carboxylic acids is 2. The van der Waals surface area contributed by atoms with Gasteiger partial charge in [-0.25, -0.2) is 4.79 Å². The number of nitrogens with zero attached hydrogens (tertiary/aromatic N) is 1. The van der Waals surface area contributed by atoms with Gasteiger partial charge < -0.3 is 10.1 Å². The number of rotatable bonds is 7. The molecular weight excluding hydrogens is 324 g/mol. The SMILES string of the molecule is COC(=O)[C@@H](Cc1ccccc1)NC(=O)Cc1cccc([N+](=O)[O-])c1. The van der Waals surface area contributed by atoms with Gasteiger partial charge in [0, 0.05) is 18.6 Å². The number of nitro groups is 1. The third-order valence-corrected chi connectivity index (χ3v) is 3.59. The fraction of sp³-hybridized carbons (Fsp3) is 0.222. The van der Waals surface area contributed by atoms with Crippen molar-refractivity contribution in [2.24, 2.45) is 0 Å². The molecule has 1 amide bonds. The molecule has 1 N–H and O–H groups in total. The lowest BCUT2D eigenvalue weighted by molar-refractivity contribution is -0.384. The second-order valence-electron chi connectivity index (χ2n) is 5.44. The van der Waals surface area contributed by atoms with E-state index >= 15 is 0 Å². The standard InChI is InChI=1S/C18H18N2O5/c1-25-18(22)16(11-13-6-3-2-4-7-13)19-17(21)12-14-8-5-9-15(10-14)20(23)24/h2-10,16H,11-12H2,1H3,(H,19,21)/t16-/m1/s1. The van der Waals surface area contributed by atoms with Crippen LogP contribution in [-0.4, -0.2) is 30.0 Å². The lowest BCUT2D eigenvalue weighted by Gasteiger charge is -2.16. The van der Waals surface area contributed by atoms with Crippen molar-refractivity contribution < 1.29 is 19.2 Å². The highest BCUT2D eigenvalue weighted by atomic mass is 16.6. The van der Waals surface area contributed by atoms with Gasteiger partial charge in [-0.15, -0.1) is 0 Å². The van der Waals surface area contributed by atoms with Gasteiger partial charge in [-0.05, 0) is 11.1 Å². The lowest BCUT2D eigenvalue weighted by atomic mass is 10.1. The van der Waals surface area contributed by atoms with Crippen LogP contribution in [0.15, 0.2) is 54.6 Å². The second-order valence-corrected chi connectivity index (χ2v) is 5.44. The molecule has 0 saturated heterocycles. The van der Waals surface area contributed by atoms with Crippen molar-refractivity contribution in [2.75, 3.05) is 7.11 Å². The summed E-state index contributed by atoms with van der Waals surface area (Å²) >= 11 is 0. The topological polar surface area (TPSA) is 98.5 Å². The van der Waals surface area contributed by atoms with Crippen LogP contribution in [-0.2, 0) is 27.2 Å². The minimum absolute atomic E-state index is 0.0655. The normalized spacial score (nSPS) is 11.4. The number of amides is 1. The molecule has 2 aromatic carbocycles. The van der Waals surface area contributed by atoms with Crippen LogP contribution in [0.1, 0.15) is 11.1 Å². The Bertz CT molecular complexity index is 761. The number of esters is 1. The van der Waals surface area contributed by atoms with Crippen LogP contribution in [0.3, 0.4) is 0 Å². The number of methoxy groups -OCH3 is 1. The van der Waals surface area contributed by atoms with Gasteiger partial charge in [0.25, 0.3) is 5.69 Å². The van der Waals surface area contributed by atoms with E-state index in [9.17, 15) is 19.7 Å². The summed E-state index contributed by atoms with van der Waals surface area (Å²) in [6.45, 7) is 0. The van der Waals surface area contributed by atoms with E-state index in [1.165, 1.54) is 25.3 Å². The van der Waals surface area contributed by atoms with Crippen LogP contribution in [0, 0.1) is 10.1 Å². The Morgan fingerprint density at radius 1 is 1.12 bits per heavy atom. The predicted octanol–water partition coefficient (Wildman–Crippen LogP) is 2.04. The number of ether oxygens (including phenoxy) is 1. The first kappa shape index (κ1) is 18.1. The molecule has 0 aliphatic rings. The summed E-state index contributed by atoms with van der Waals surface area (Å²) in [6, 6.07) is 14.3. The molecule has 0 aliphatic carbocycles. The van der Waals surface area contributed by atoms with Gasteiger partial charge in [0.2, 0.25) is 5.91 Å². The molecular formula is C18H18N2O5. The lowest BCUT2D eigenvalue weighted by Crippen LogP contribution is -2.43. The number of hydrogen-bond acceptors (Lipinski definition) is 5. The molecule has 2 aromatic rings. The smallest absolute Gasteiger partial charge is 0.328 e. The molecule has 2 rings (SSSR count). The molecule has 130 valence electrons. The van der Waals surface area contributed by atoms with Gasteiger partial charge >= 0.3 is 5.97 Å². The Morgan fingerprint density at radius 3 is 2.44 bits per heavy atom. The maximum absolute atomic E-state index is 12.2. The van der Waals surface area contributed by atoms with E-state index in [0.717, 1.165) is 5.56 Å². The summed E-state index contributed by atoms with van der Waals surface area (Å²) in [5.74, 6) is -0.955. The monoisotopic (exact) mass is 342 g/mol. The highest BCUT2D eigenvalue weighted by Gasteiger charge is 2.22. The van der Waals surface area contributed by atoms with Crippen LogP contribution in [0.2, 0.25) is 0 Å². The highest BCUT2D eigenvalue weighted by Crippen LogP contribution is 2.13. The maximum atomic E-state index is 12.2. The van der Waals surface area contributed by atoms with Crippen molar-refractivity contribution in [1.82, 2.24) is 5.32 Å². The first-order valence-corrected chi connectivity index (χ1v) is 7.64. The third-order valence-electron chi connectivity index (χ3n) is 3.59. The fourth-order valence-electron chi connectivity index (χ4n) is 2.40. The second kappa shape index (κ2) is 8.58. The van der Waals surface area contributed by atoms with Crippen molar-refractivity contribution in [3.63, 3.8) is 0 Å². The van der Waals surface area contributed by atoms with E-state index in [1.54, 1.807) is 6.07 Å². The summed E-state index contributed by atoms with van der Waals surface area (Å²) < 4.78 is 4.74. The average Bonchev–Trinajstić information content (AvgIpc) is 2.61. The minimum Gasteiger partial charge on any atom is -0.467 e. The summed E-state index contributed by atoms with van der Waals surface area (Å²) in [7, 11) is 1.26. The number of benzene rings is 2. The summed E-state index contributed by atoms with van der Waals surface area (Å²) in [5, 5.41) is 13.4. The van der Waals surface area contributed by atoms with Crippen molar-refractivity contribution >= 4 is 17.6 Å². The average molecular weight is 342 g/mol. The van der Waals surface area contributed by atoms with E-state index in [2.05, 4.69) is 5.32 Å². The van der Waals surface area contributed by atoms with E-state index in [4.69, 9.17) is 4.74 Å². The molecule has 0 saturated carbocycles. The van der Waals surface area contributed by atoms with E-state index in [1.807, 2.05) is 30.3 Å². The zero-order valence-corrected chi connectivity index (χ0v) is 13.7. The molecule has 25 heavy (non-hydrogen) atoms. The first-order chi connectivity index (χ1) is 12.0. The molecule has 7 nitrogen and oxygen atoms in total. The maximum Gasteiger partial charge on any atom is 0.328 e. The van der Waals surface area contributed by atoms with E-state index < -0.39 is 22.8 Å². The molecule has 0 radical (unpaired) electrons. The van der Waals surface area contributed by atoms with Crippen molar-refractivity contribution in [1.29, 1.82) is 0 Å². The van der Waals surface area contributed by atoms with Gasteiger partial charge in [0.15, 0.2) is 0 Å². The Labute approximate surface area is 144 Å². The number of non-ortho nitro benzene ring substituents is 1. The Kier molecular flexibility index (Phi) is 6.22. The molecule has 0 heterocycles. The highest BCUT2D eigenvalue weighted by molar-refractivity contribution is 5.85. The minimum atomic E-state index is -0.821. The van der Waals surface area contributed by atoms with Crippen molar-refractivity contribution in [3.8, 4) is 0 Å². The zero-order valence-electron chi connectivity index (χ0n) is 13.7. The third kappa shape index (κ3) is 5.42.